The minimum atomic E-state index is 0.450. The van der Waals surface area contributed by atoms with Crippen LogP contribution in [-0.4, -0.2) is 9.97 Å². The van der Waals surface area contributed by atoms with E-state index >= 15 is 0 Å². The van der Waals surface area contributed by atoms with Gasteiger partial charge in [0.2, 0.25) is 0 Å². The normalized spacial score (nSPS) is 10.6. The highest BCUT2D eigenvalue weighted by atomic mass is 79.9. The quantitative estimate of drug-likeness (QED) is 0.733. The fourth-order valence-electron chi connectivity index (χ4n) is 1.79. The number of ether oxygens (including phenoxy) is 1. The highest BCUT2D eigenvalue weighted by Crippen LogP contribution is 2.19. The third kappa shape index (κ3) is 2.90. The molecule has 0 fully saturated rings. The standard InChI is InChI=1S/C15H11BrN2O/c16-12-4-5-13(18-9-12)10-19-14-6-3-11-2-1-7-17-15(11)8-14/h1-9H,10H2. The number of hydrogen-bond acceptors (Lipinski definition) is 3. The van der Waals surface area contributed by atoms with E-state index in [1.807, 2.05) is 42.5 Å². The van der Waals surface area contributed by atoms with Crippen molar-refractivity contribution in [1.29, 1.82) is 0 Å². The zero-order valence-electron chi connectivity index (χ0n) is 10.1. The largest absolute Gasteiger partial charge is 0.487 e. The number of halogens is 1. The molecule has 0 spiro atoms. The molecule has 2 heterocycles. The molecule has 0 saturated heterocycles. The summed E-state index contributed by atoms with van der Waals surface area (Å²) in [6.07, 6.45) is 3.54. The monoisotopic (exact) mass is 314 g/mol. The van der Waals surface area contributed by atoms with E-state index in [1.165, 1.54) is 0 Å². The number of nitrogens with zero attached hydrogens (tertiary/aromatic N) is 2. The Morgan fingerprint density at radius 3 is 2.84 bits per heavy atom. The Morgan fingerprint density at radius 1 is 1.05 bits per heavy atom. The molecular weight excluding hydrogens is 304 g/mol. The van der Waals surface area contributed by atoms with E-state index in [0.717, 1.165) is 26.8 Å². The second-order valence-corrected chi connectivity index (χ2v) is 5.03. The van der Waals surface area contributed by atoms with Gasteiger partial charge in [0.25, 0.3) is 0 Å². The van der Waals surface area contributed by atoms with E-state index in [-0.39, 0.29) is 0 Å². The maximum absolute atomic E-state index is 5.72. The van der Waals surface area contributed by atoms with E-state index in [9.17, 15) is 0 Å². The second kappa shape index (κ2) is 5.36. The third-order valence-electron chi connectivity index (χ3n) is 2.75. The lowest BCUT2D eigenvalue weighted by atomic mass is 10.2. The Bertz CT molecular complexity index is 698. The van der Waals surface area contributed by atoms with Crippen molar-refractivity contribution in [2.24, 2.45) is 0 Å². The zero-order chi connectivity index (χ0) is 13.1. The van der Waals surface area contributed by atoms with Crippen molar-refractivity contribution in [2.45, 2.75) is 6.61 Å². The van der Waals surface area contributed by atoms with E-state index < -0.39 is 0 Å². The molecule has 94 valence electrons. The van der Waals surface area contributed by atoms with Crippen molar-refractivity contribution in [3.63, 3.8) is 0 Å². The van der Waals surface area contributed by atoms with Crippen LogP contribution in [0.15, 0.2) is 59.3 Å². The molecule has 3 rings (SSSR count). The van der Waals surface area contributed by atoms with Gasteiger partial charge >= 0.3 is 0 Å². The van der Waals surface area contributed by atoms with Gasteiger partial charge in [0.05, 0.1) is 11.2 Å². The average molecular weight is 315 g/mol. The van der Waals surface area contributed by atoms with Crippen molar-refractivity contribution < 1.29 is 4.74 Å². The Hall–Kier alpha value is -1.94. The van der Waals surface area contributed by atoms with E-state index in [1.54, 1.807) is 12.4 Å². The summed E-state index contributed by atoms with van der Waals surface area (Å²) in [5.74, 6) is 0.802. The van der Waals surface area contributed by atoms with Gasteiger partial charge in [0.1, 0.15) is 12.4 Å². The van der Waals surface area contributed by atoms with Crippen molar-refractivity contribution >= 4 is 26.8 Å². The van der Waals surface area contributed by atoms with E-state index in [0.29, 0.717) is 6.61 Å². The van der Waals surface area contributed by atoms with Crippen molar-refractivity contribution in [3.8, 4) is 5.75 Å². The molecule has 0 atom stereocenters. The minimum Gasteiger partial charge on any atom is -0.487 e. The molecule has 1 aromatic carbocycles. The maximum atomic E-state index is 5.72. The SMILES string of the molecule is Brc1ccc(COc2ccc3cccnc3c2)nc1. The molecule has 4 heteroatoms. The summed E-state index contributed by atoms with van der Waals surface area (Å²) in [6, 6.07) is 13.7. The molecule has 3 aromatic rings. The van der Waals surface area contributed by atoms with Crippen LogP contribution in [0.1, 0.15) is 5.69 Å². The van der Waals surface area contributed by atoms with Gasteiger partial charge in [-0.25, -0.2) is 0 Å². The average Bonchev–Trinajstić information content (AvgIpc) is 2.46. The number of rotatable bonds is 3. The lowest BCUT2D eigenvalue weighted by Crippen LogP contribution is -1.97. The number of hydrogen-bond donors (Lipinski definition) is 0. The van der Waals surface area contributed by atoms with E-state index in [2.05, 4.69) is 25.9 Å². The van der Waals surface area contributed by atoms with Crippen LogP contribution in [0.5, 0.6) is 5.75 Å². The summed E-state index contributed by atoms with van der Waals surface area (Å²) in [5.41, 5.74) is 1.83. The third-order valence-corrected chi connectivity index (χ3v) is 3.22. The molecule has 0 radical (unpaired) electrons. The molecule has 0 bridgehead atoms. The summed E-state index contributed by atoms with van der Waals surface area (Å²) < 4.78 is 6.69. The van der Waals surface area contributed by atoms with Gasteiger partial charge in [-0.15, -0.1) is 0 Å². The molecule has 0 aliphatic rings. The molecule has 2 aromatic heterocycles. The number of pyridine rings is 2. The molecule has 3 nitrogen and oxygen atoms in total. The molecule has 0 amide bonds. The predicted molar refractivity (Wildman–Crippen MR) is 78.0 cm³/mol. The molecule has 0 aliphatic heterocycles. The smallest absolute Gasteiger partial charge is 0.130 e. The van der Waals surface area contributed by atoms with Crippen molar-refractivity contribution in [2.75, 3.05) is 0 Å². The maximum Gasteiger partial charge on any atom is 0.130 e. The Kier molecular flexibility index (Phi) is 3.42. The van der Waals surface area contributed by atoms with Crippen LogP contribution >= 0.6 is 15.9 Å². The van der Waals surface area contributed by atoms with Crippen LogP contribution in [0, 0.1) is 0 Å². The first-order valence-electron chi connectivity index (χ1n) is 5.89. The number of aromatic nitrogens is 2. The van der Waals surface area contributed by atoms with Crippen molar-refractivity contribution in [1.82, 2.24) is 9.97 Å². The van der Waals surface area contributed by atoms with Crippen LogP contribution in [-0.2, 0) is 6.61 Å². The predicted octanol–water partition coefficient (Wildman–Crippen LogP) is 3.97. The first kappa shape index (κ1) is 12.1. The van der Waals surface area contributed by atoms with Gasteiger partial charge in [0.15, 0.2) is 0 Å². The number of benzene rings is 1. The highest BCUT2D eigenvalue weighted by molar-refractivity contribution is 9.10. The van der Waals surface area contributed by atoms with Gasteiger partial charge in [-0.3, -0.25) is 9.97 Å². The van der Waals surface area contributed by atoms with Gasteiger partial charge in [0, 0.05) is 28.3 Å². The Labute approximate surface area is 119 Å². The minimum absolute atomic E-state index is 0.450. The lowest BCUT2D eigenvalue weighted by Gasteiger charge is -2.06. The molecule has 0 unspecified atom stereocenters. The summed E-state index contributed by atoms with van der Waals surface area (Å²) in [4.78, 5) is 8.57. The Morgan fingerprint density at radius 2 is 2.00 bits per heavy atom. The molecular formula is C15H11BrN2O. The second-order valence-electron chi connectivity index (χ2n) is 4.11. The zero-order valence-corrected chi connectivity index (χ0v) is 11.7. The fraction of sp³-hybridized carbons (Fsp3) is 0.0667. The first-order chi connectivity index (χ1) is 9.31. The summed E-state index contributed by atoms with van der Waals surface area (Å²) >= 11 is 3.36. The van der Waals surface area contributed by atoms with Crippen LogP contribution in [0.4, 0.5) is 0 Å². The van der Waals surface area contributed by atoms with Crippen LogP contribution in [0.25, 0.3) is 10.9 Å². The summed E-state index contributed by atoms with van der Waals surface area (Å²) in [5, 5.41) is 1.11. The molecule has 0 N–H and O–H groups in total. The van der Waals surface area contributed by atoms with Crippen LogP contribution < -0.4 is 4.74 Å². The van der Waals surface area contributed by atoms with Gasteiger partial charge < -0.3 is 4.74 Å². The van der Waals surface area contributed by atoms with Crippen LogP contribution in [0.3, 0.4) is 0 Å². The lowest BCUT2D eigenvalue weighted by molar-refractivity contribution is 0.301. The fourth-order valence-corrected chi connectivity index (χ4v) is 2.02. The topological polar surface area (TPSA) is 35.0 Å². The molecule has 0 saturated carbocycles. The summed E-state index contributed by atoms with van der Waals surface area (Å²) in [7, 11) is 0. The van der Waals surface area contributed by atoms with Crippen LogP contribution in [0.2, 0.25) is 0 Å². The summed E-state index contributed by atoms with van der Waals surface area (Å²) in [6.45, 7) is 0.450. The molecule has 0 aliphatic carbocycles. The number of fused-ring (bicyclic) bond motifs is 1. The molecule has 19 heavy (non-hydrogen) atoms. The Balaban J connectivity index is 1.76. The van der Waals surface area contributed by atoms with Crippen molar-refractivity contribution in [3.05, 3.63) is 65.0 Å². The van der Waals surface area contributed by atoms with Gasteiger partial charge in [-0.2, -0.15) is 0 Å². The highest BCUT2D eigenvalue weighted by Gasteiger charge is 2.00. The van der Waals surface area contributed by atoms with Gasteiger partial charge in [-0.1, -0.05) is 6.07 Å². The van der Waals surface area contributed by atoms with Gasteiger partial charge in [-0.05, 0) is 46.3 Å². The first-order valence-corrected chi connectivity index (χ1v) is 6.68. The van der Waals surface area contributed by atoms with E-state index in [4.69, 9.17) is 4.74 Å².